The van der Waals surface area contributed by atoms with Gasteiger partial charge in [-0.3, -0.25) is 0 Å². The Morgan fingerprint density at radius 1 is 1.37 bits per heavy atom. The number of aromatic nitrogens is 1. The third kappa shape index (κ3) is 4.04. The maximum atomic E-state index is 4.65. The predicted molar refractivity (Wildman–Crippen MR) is 82.8 cm³/mol. The topological polar surface area (TPSA) is 28.2 Å². The number of nitrogens with zero attached hydrogens (tertiary/aromatic N) is 2. The van der Waals surface area contributed by atoms with Gasteiger partial charge in [0.15, 0.2) is 0 Å². The van der Waals surface area contributed by atoms with Crippen molar-refractivity contribution in [2.24, 2.45) is 0 Å². The SMILES string of the molecule is CCNCc1nc(CN(C)c2cccc(C)c2)cs1. The van der Waals surface area contributed by atoms with Crippen LogP contribution in [0.5, 0.6) is 0 Å². The molecule has 102 valence electrons. The molecule has 3 nitrogen and oxygen atoms in total. The number of hydrogen-bond donors (Lipinski definition) is 1. The minimum absolute atomic E-state index is 0.853. The summed E-state index contributed by atoms with van der Waals surface area (Å²) in [5, 5.41) is 6.62. The van der Waals surface area contributed by atoms with Crippen molar-refractivity contribution < 1.29 is 0 Å². The predicted octanol–water partition coefficient (Wildman–Crippen LogP) is 3.20. The lowest BCUT2D eigenvalue weighted by atomic mass is 10.2. The number of hydrogen-bond acceptors (Lipinski definition) is 4. The van der Waals surface area contributed by atoms with Crippen molar-refractivity contribution in [3.63, 3.8) is 0 Å². The zero-order valence-electron chi connectivity index (χ0n) is 11.8. The van der Waals surface area contributed by atoms with Gasteiger partial charge in [0, 0.05) is 24.7 Å². The van der Waals surface area contributed by atoms with Gasteiger partial charge in [-0.15, -0.1) is 11.3 Å². The molecule has 1 N–H and O–H groups in total. The van der Waals surface area contributed by atoms with Gasteiger partial charge in [0.05, 0.1) is 12.2 Å². The summed E-state index contributed by atoms with van der Waals surface area (Å²) in [6.45, 7) is 6.94. The van der Waals surface area contributed by atoms with Crippen LogP contribution in [-0.2, 0) is 13.1 Å². The third-order valence-corrected chi connectivity index (χ3v) is 3.86. The molecule has 2 aromatic rings. The Balaban J connectivity index is 1.98. The molecule has 0 atom stereocenters. The van der Waals surface area contributed by atoms with E-state index in [-0.39, 0.29) is 0 Å². The summed E-state index contributed by atoms with van der Waals surface area (Å²) in [6.07, 6.45) is 0. The molecule has 1 heterocycles. The van der Waals surface area contributed by atoms with Crippen molar-refractivity contribution in [3.8, 4) is 0 Å². The summed E-state index contributed by atoms with van der Waals surface area (Å²) >= 11 is 1.73. The number of aryl methyl sites for hydroxylation is 1. The molecule has 0 aliphatic heterocycles. The summed E-state index contributed by atoms with van der Waals surface area (Å²) in [5.41, 5.74) is 3.67. The summed E-state index contributed by atoms with van der Waals surface area (Å²) in [5.74, 6) is 0. The van der Waals surface area contributed by atoms with Crippen molar-refractivity contribution in [1.82, 2.24) is 10.3 Å². The molecule has 0 bridgehead atoms. The highest BCUT2D eigenvalue weighted by atomic mass is 32.1. The first kappa shape index (κ1) is 14.0. The summed E-state index contributed by atoms with van der Waals surface area (Å²) in [7, 11) is 2.11. The highest BCUT2D eigenvalue weighted by Gasteiger charge is 2.06. The fourth-order valence-corrected chi connectivity index (χ4v) is 2.69. The molecule has 0 aliphatic rings. The van der Waals surface area contributed by atoms with Crippen LogP contribution in [-0.4, -0.2) is 18.6 Å². The molecule has 0 aliphatic carbocycles. The van der Waals surface area contributed by atoms with Gasteiger partial charge in [-0.25, -0.2) is 4.98 Å². The second kappa shape index (κ2) is 6.68. The van der Waals surface area contributed by atoms with Crippen molar-refractivity contribution in [2.75, 3.05) is 18.5 Å². The summed E-state index contributed by atoms with van der Waals surface area (Å²) < 4.78 is 0. The Hall–Kier alpha value is -1.39. The minimum atomic E-state index is 0.853. The van der Waals surface area contributed by atoms with Crippen LogP contribution in [0.1, 0.15) is 23.2 Å². The molecule has 0 saturated carbocycles. The van der Waals surface area contributed by atoms with Gasteiger partial charge in [-0.05, 0) is 31.2 Å². The molecule has 0 amide bonds. The molecule has 0 radical (unpaired) electrons. The van der Waals surface area contributed by atoms with Gasteiger partial charge in [0.25, 0.3) is 0 Å². The molecule has 0 fully saturated rings. The van der Waals surface area contributed by atoms with Crippen LogP contribution in [0.2, 0.25) is 0 Å². The van der Waals surface area contributed by atoms with Gasteiger partial charge in [0.1, 0.15) is 5.01 Å². The second-order valence-corrected chi connectivity index (χ2v) is 5.65. The molecule has 1 aromatic heterocycles. The molecule has 2 rings (SSSR count). The summed E-state index contributed by atoms with van der Waals surface area (Å²) in [6, 6.07) is 8.55. The number of rotatable bonds is 6. The highest BCUT2D eigenvalue weighted by molar-refractivity contribution is 7.09. The minimum Gasteiger partial charge on any atom is -0.369 e. The monoisotopic (exact) mass is 275 g/mol. The van der Waals surface area contributed by atoms with Crippen LogP contribution in [0.25, 0.3) is 0 Å². The van der Waals surface area contributed by atoms with Gasteiger partial charge in [-0.1, -0.05) is 19.1 Å². The lowest BCUT2D eigenvalue weighted by Gasteiger charge is -2.18. The van der Waals surface area contributed by atoms with E-state index in [1.165, 1.54) is 11.3 Å². The van der Waals surface area contributed by atoms with E-state index in [1.807, 2.05) is 0 Å². The van der Waals surface area contributed by atoms with E-state index >= 15 is 0 Å². The smallest absolute Gasteiger partial charge is 0.107 e. The first-order chi connectivity index (χ1) is 9.19. The molecule has 19 heavy (non-hydrogen) atoms. The average molecular weight is 275 g/mol. The maximum Gasteiger partial charge on any atom is 0.107 e. The molecule has 0 saturated heterocycles. The number of benzene rings is 1. The third-order valence-electron chi connectivity index (χ3n) is 2.97. The normalized spacial score (nSPS) is 10.7. The molecule has 0 spiro atoms. The van der Waals surface area contributed by atoms with Crippen LogP contribution < -0.4 is 10.2 Å². The van der Waals surface area contributed by atoms with Crippen molar-refractivity contribution in [2.45, 2.75) is 26.9 Å². The van der Waals surface area contributed by atoms with E-state index in [1.54, 1.807) is 11.3 Å². The zero-order valence-corrected chi connectivity index (χ0v) is 12.6. The van der Waals surface area contributed by atoms with Gasteiger partial charge in [0.2, 0.25) is 0 Å². The average Bonchev–Trinajstić information content (AvgIpc) is 2.84. The highest BCUT2D eigenvalue weighted by Crippen LogP contribution is 2.18. The Morgan fingerprint density at radius 2 is 2.21 bits per heavy atom. The molecule has 1 aromatic carbocycles. The first-order valence-corrected chi connectivity index (χ1v) is 7.49. The van der Waals surface area contributed by atoms with Crippen molar-refractivity contribution in [1.29, 1.82) is 0 Å². The van der Waals surface area contributed by atoms with Crippen LogP contribution in [0.3, 0.4) is 0 Å². The number of anilines is 1. The number of thiazole rings is 1. The Kier molecular flexibility index (Phi) is 4.93. The van der Waals surface area contributed by atoms with Crippen LogP contribution >= 0.6 is 11.3 Å². The molecule has 0 unspecified atom stereocenters. The molecular weight excluding hydrogens is 254 g/mol. The largest absolute Gasteiger partial charge is 0.369 e. The Morgan fingerprint density at radius 3 is 2.95 bits per heavy atom. The van der Waals surface area contributed by atoms with Crippen LogP contribution in [0, 0.1) is 6.92 Å². The van der Waals surface area contributed by atoms with Crippen LogP contribution in [0.15, 0.2) is 29.6 Å². The second-order valence-electron chi connectivity index (χ2n) is 4.71. The fraction of sp³-hybridized carbons (Fsp3) is 0.400. The van der Waals surface area contributed by atoms with E-state index in [2.05, 4.69) is 65.7 Å². The van der Waals surface area contributed by atoms with E-state index in [9.17, 15) is 0 Å². The number of nitrogens with one attached hydrogen (secondary N) is 1. The van der Waals surface area contributed by atoms with Gasteiger partial charge in [-0.2, -0.15) is 0 Å². The zero-order chi connectivity index (χ0) is 13.7. The van der Waals surface area contributed by atoms with E-state index in [4.69, 9.17) is 0 Å². The molecule has 4 heteroatoms. The first-order valence-electron chi connectivity index (χ1n) is 6.61. The van der Waals surface area contributed by atoms with E-state index in [0.29, 0.717) is 0 Å². The van der Waals surface area contributed by atoms with Crippen molar-refractivity contribution in [3.05, 3.63) is 45.9 Å². The standard InChI is InChI=1S/C15H21N3S/c1-4-16-9-15-17-13(11-19-15)10-18(3)14-7-5-6-12(2)8-14/h5-8,11,16H,4,9-10H2,1-3H3. The van der Waals surface area contributed by atoms with E-state index in [0.717, 1.165) is 30.3 Å². The van der Waals surface area contributed by atoms with Gasteiger partial charge >= 0.3 is 0 Å². The Labute approximate surface area is 119 Å². The van der Waals surface area contributed by atoms with E-state index < -0.39 is 0 Å². The lowest BCUT2D eigenvalue weighted by molar-refractivity contribution is 0.718. The fourth-order valence-electron chi connectivity index (χ4n) is 1.93. The quantitative estimate of drug-likeness (QED) is 0.877. The van der Waals surface area contributed by atoms with Gasteiger partial charge < -0.3 is 10.2 Å². The van der Waals surface area contributed by atoms with Crippen molar-refractivity contribution >= 4 is 17.0 Å². The maximum absolute atomic E-state index is 4.65. The molecular formula is C15H21N3S. The lowest BCUT2D eigenvalue weighted by Crippen LogP contribution is -2.17. The summed E-state index contributed by atoms with van der Waals surface area (Å²) in [4.78, 5) is 6.89. The van der Waals surface area contributed by atoms with Crippen LogP contribution in [0.4, 0.5) is 5.69 Å². The Bertz CT molecular complexity index is 522.